The SMILES string of the molecule is O=C1c2cc(Br)cc3c2C2c4c1cc(Br)cc4C(=O)c1cc(Br)cc(c12)C3=O. The molecule has 0 aliphatic heterocycles. The van der Waals surface area contributed by atoms with Crippen LogP contribution in [0.4, 0.5) is 0 Å². The van der Waals surface area contributed by atoms with Crippen LogP contribution >= 0.6 is 47.8 Å². The molecule has 0 unspecified atom stereocenters. The Morgan fingerprint density at radius 1 is 0.464 bits per heavy atom. The molecule has 0 spiro atoms. The molecular weight excluding hydrogens is 552 g/mol. The summed E-state index contributed by atoms with van der Waals surface area (Å²) >= 11 is 10.3. The van der Waals surface area contributed by atoms with Crippen molar-refractivity contribution in [1.82, 2.24) is 0 Å². The Morgan fingerprint density at radius 3 is 0.893 bits per heavy atom. The highest BCUT2D eigenvalue weighted by atomic mass is 79.9. The standard InChI is InChI=1S/C22H7Br3O3/c23-7-1-10-16-11(2-7)21(27)14-5-9(25)6-15-18(14)19(16)17-12(20(10)26)3-8(24)4-13(17)22(15)28/h1-6,19H. The third-order valence-corrected chi connectivity index (χ3v) is 7.14. The second kappa shape index (κ2) is 5.38. The zero-order valence-electron chi connectivity index (χ0n) is 13.9. The van der Waals surface area contributed by atoms with Gasteiger partial charge in [0.15, 0.2) is 17.3 Å². The van der Waals surface area contributed by atoms with E-state index in [4.69, 9.17) is 0 Å². The van der Waals surface area contributed by atoms with E-state index in [0.29, 0.717) is 46.8 Å². The number of carbonyl (C=O) groups is 3. The molecule has 0 fully saturated rings. The molecule has 134 valence electrons. The lowest BCUT2D eigenvalue weighted by atomic mass is 9.62. The fraction of sp³-hybridized carbons (Fsp3) is 0.0455. The molecule has 3 aliphatic rings. The van der Waals surface area contributed by atoms with Crippen molar-refractivity contribution in [3.05, 3.63) is 99.9 Å². The van der Waals surface area contributed by atoms with Gasteiger partial charge >= 0.3 is 0 Å². The van der Waals surface area contributed by atoms with Gasteiger partial charge in [-0.3, -0.25) is 14.4 Å². The summed E-state index contributed by atoms with van der Waals surface area (Å²) in [6.45, 7) is 0. The highest BCUT2D eigenvalue weighted by Crippen LogP contribution is 2.53. The number of rotatable bonds is 0. The van der Waals surface area contributed by atoms with Crippen LogP contribution in [-0.2, 0) is 0 Å². The van der Waals surface area contributed by atoms with E-state index in [1.165, 1.54) is 0 Å². The Hall–Kier alpha value is -1.89. The van der Waals surface area contributed by atoms with Crippen LogP contribution in [0.2, 0.25) is 0 Å². The Balaban J connectivity index is 1.88. The molecule has 0 bridgehead atoms. The molecule has 0 saturated heterocycles. The van der Waals surface area contributed by atoms with E-state index in [9.17, 15) is 14.4 Å². The number of halogens is 3. The first-order valence-electron chi connectivity index (χ1n) is 8.51. The van der Waals surface area contributed by atoms with Gasteiger partial charge in [-0.2, -0.15) is 0 Å². The van der Waals surface area contributed by atoms with Crippen molar-refractivity contribution in [3.63, 3.8) is 0 Å². The van der Waals surface area contributed by atoms with Gasteiger partial charge in [0.1, 0.15) is 0 Å². The highest BCUT2D eigenvalue weighted by molar-refractivity contribution is 9.11. The van der Waals surface area contributed by atoms with Crippen molar-refractivity contribution in [3.8, 4) is 0 Å². The van der Waals surface area contributed by atoms with Crippen molar-refractivity contribution < 1.29 is 14.4 Å². The molecule has 28 heavy (non-hydrogen) atoms. The lowest BCUT2D eigenvalue weighted by Gasteiger charge is -2.39. The molecule has 0 saturated carbocycles. The largest absolute Gasteiger partial charge is 0.289 e. The monoisotopic (exact) mass is 556 g/mol. The summed E-state index contributed by atoms with van der Waals surface area (Å²) in [6.07, 6.45) is 0. The number of hydrogen-bond acceptors (Lipinski definition) is 3. The van der Waals surface area contributed by atoms with E-state index >= 15 is 0 Å². The molecule has 3 aliphatic carbocycles. The van der Waals surface area contributed by atoms with Crippen LogP contribution in [0.25, 0.3) is 0 Å². The van der Waals surface area contributed by atoms with Crippen LogP contribution in [0.3, 0.4) is 0 Å². The molecule has 3 nitrogen and oxygen atoms in total. The average molecular weight is 559 g/mol. The van der Waals surface area contributed by atoms with Gasteiger partial charge in [0, 0.05) is 52.7 Å². The van der Waals surface area contributed by atoms with E-state index in [0.717, 1.165) is 16.7 Å². The summed E-state index contributed by atoms with van der Waals surface area (Å²) in [4.78, 5) is 40.0. The topological polar surface area (TPSA) is 51.2 Å². The van der Waals surface area contributed by atoms with Gasteiger partial charge in [-0.05, 0) is 53.1 Å². The summed E-state index contributed by atoms with van der Waals surface area (Å²) < 4.78 is 2.06. The van der Waals surface area contributed by atoms with Crippen LogP contribution in [-0.4, -0.2) is 17.3 Å². The molecule has 6 rings (SSSR count). The van der Waals surface area contributed by atoms with Crippen LogP contribution < -0.4 is 0 Å². The van der Waals surface area contributed by atoms with Gasteiger partial charge < -0.3 is 0 Å². The second-order valence-electron chi connectivity index (χ2n) is 7.16. The number of hydrogen-bond donors (Lipinski definition) is 0. The average Bonchev–Trinajstić information content (AvgIpc) is 2.65. The molecule has 6 heteroatoms. The van der Waals surface area contributed by atoms with Gasteiger partial charge in [0.25, 0.3) is 0 Å². The van der Waals surface area contributed by atoms with Crippen molar-refractivity contribution in [2.45, 2.75) is 5.92 Å². The maximum atomic E-state index is 13.3. The normalized spacial score (nSPS) is 15.8. The Bertz CT molecular complexity index is 1110. The first-order valence-corrected chi connectivity index (χ1v) is 10.9. The molecule has 0 radical (unpaired) electrons. The molecule has 3 aromatic carbocycles. The van der Waals surface area contributed by atoms with E-state index in [1.807, 2.05) is 0 Å². The van der Waals surface area contributed by atoms with Crippen LogP contribution in [0.5, 0.6) is 0 Å². The van der Waals surface area contributed by atoms with Crippen LogP contribution in [0, 0.1) is 0 Å². The summed E-state index contributed by atoms with van der Waals surface area (Å²) in [5.41, 5.74) is 5.29. The second-order valence-corrected chi connectivity index (χ2v) is 9.91. The van der Waals surface area contributed by atoms with E-state index in [1.54, 1.807) is 36.4 Å². The summed E-state index contributed by atoms with van der Waals surface area (Å²) in [5, 5.41) is 0. The minimum absolute atomic E-state index is 0.157. The molecular formula is C22H7Br3O3. The molecule has 3 aromatic rings. The number of carbonyl (C=O) groups excluding carboxylic acids is 3. The summed E-state index contributed by atoms with van der Waals surface area (Å²) in [5.74, 6) is -0.759. The zero-order chi connectivity index (χ0) is 19.5. The Morgan fingerprint density at radius 2 is 0.679 bits per heavy atom. The van der Waals surface area contributed by atoms with Crippen molar-refractivity contribution in [2.75, 3.05) is 0 Å². The summed E-state index contributed by atoms with van der Waals surface area (Å²) in [6, 6.07) is 10.7. The van der Waals surface area contributed by atoms with Gasteiger partial charge in [0.2, 0.25) is 0 Å². The third-order valence-electron chi connectivity index (χ3n) is 5.77. The minimum atomic E-state index is -0.289. The minimum Gasteiger partial charge on any atom is -0.289 e. The molecule has 0 aromatic heterocycles. The Kier molecular flexibility index (Phi) is 3.27. The lowest BCUT2D eigenvalue weighted by molar-refractivity contribution is 0.102. The first kappa shape index (κ1) is 17.0. The van der Waals surface area contributed by atoms with Gasteiger partial charge in [-0.25, -0.2) is 0 Å². The van der Waals surface area contributed by atoms with Crippen LogP contribution in [0.15, 0.2) is 49.8 Å². The highest BCUT2D eigenvalue weighted by Gasteiger charge is 2.47. The quantitative estimate of drug-likeness (QED) is 0.237. The lowest BCUT2D eigenvalue weighted by Crippen LogP contribution is -2.34. The molecule has 0 amide bonds. The smallest absolute Gasteiger partial charge is 0.193 e. The van der Waals surface area contributed by atoms with E-state index < -0.39 is 0 Å². The fourth-order valence-electron chi connectivity index (χ4n) is 4.78. The molecule has 0 atom stereocenters. The van der Waals surface area contributed by atoms with E-state index in [-0.39, 0.29) is 23.3 Å². The Labute approximate surface area is 184 Å². The van der Waals surface area contributed by atoms with Gasteiger partial charge in [-0.15, -0.1) is 0 Å². The van der Waals surface area contributed by atoms with Crippen molar-refractivity contribution in [1.29, 1.82) is 0 Å². The molecule has 0 N–H and O–H groups in total. The van der Waals surface area contributed by atoms with Gasteiger partial charge in [-0.1, -0.05) is 47.8 Å². The number of benzene rings is 3. The fourth-order valence-corrected chi connectivity index (χ4v) is 6.16. The van der Waals surface area contributed by atoms with Crippen molar-refractivity contribution in [2.24, 2.45) is 0 Å². The van der Waals surface area contributed by atoms with Crippen LogP contribution in [0.1, 0.15) is 70.4 Å². The maximum Gasteiger partial charge on any atom is 0.193 e. The van der Waals surface area contributed by atoms with E-state index in [2.05, 4.69) is 47.8 Å². The first-order chi connectivity index (χ1) is 13.4. The van der Waals surface area contributed by atoms with Crippen molar-refractivity contribution >= 4 is 65.1 Å². The molecule has 0 heterocycles. The maximum absolute atomic E-state index is 13.3. The predicted molar refractivity (Wildman–Crippen MR) is 114 cm³/mol. The zero-order valence-corrected chi connectivity index (χ0v) is 18.7. The third kappa shape index (κ3) is 1.91. The summed E-state index contributed by atoms with van der Waals surface area (Å²) in [7, 11) is 0. The predicted octanol–water partition coefficient (Wildman–Crippen LogP) is 5.79. The van der Waals surface area contributed by atoms with Gasteiger partial charge in [0.05, 0.1) is 0 Å². The number of ketones is 3.